The number of anilines is 1. The second-order valence-electron chi connectivity index (χ2n) is 15.0. The van der Waals surface area contributed by atoms with Crippen LogP contribution in [-0.2, 0) is 14.3 Å². The normalized spacial score (nSPS) is 25.8. The highest BCUT2D eigenvalue weighted by molar-refractivity contribution is 6.31. The van der Waals surface area contributed by atoms with Gasteiger partial charge in [0.25, 0.3) is 0 Å². The number of allylic oxidation sites excluding steroid dienone is 4. The van der Waals surface area contributed by atoms with Gasteiger partial charge in [-0.2, -0.15) is 5.26 Å². The highest BCUT2D eigenvalue weighted by Crippen LogP contribution is 2.58. The smallest absolute Gasteiger partial charge is 0.338 e. The van der Waals surface area contributed by atoms with E-state index in [0.717, 1.165) is 13.1 Å². The number of amides is 1. The lowest BCUT2D eigenvalue weighted by Crippen LogP contribution is -2.46. The minimum absolute atomic E-state index is 0.00126. The molecule has 280 valence electrons. The summed E-state index contributed by atoms with van der Waals surface area (Å²) in [6.07, 6.45) is 3.23. The van der Waals surface area contributed by atoms with E-state index >= 15 is 8.78 Å². The summed E-state index contributed by atoms with van der Waals surface area (Å²) in [7, 11) is 1.40. The number of carbonyl (C=O) groups is 2. The van der Waals surface area contributed by atoms with Crippen molar-refractivity contribution in [2.75, 3.05) is 45.3 Å². The first-order valence-electron chi connectivity index (χ1n) is 17.4. The van der Waals surface area contributed by atoms with E-state index in [1.54, 1.807) is 19.1 Å². The van der Waals surface area contributed by atoms with Gasteiger partial charge in [0, 0.05) is 42.0 Å². The molecule has 2 heterocycles. The number of nitriles is 1. The van der Waals surface area contributed by atoms with E-state index < -0.39 is 52.9 Å². The fourth-order valence-electron chi connectivity index (χ4n) is 7.74. The number of benzene rings is 2. The summed E-state index contributed by atoms with van der Waals surface area (Å²) in [4.78, 5) is 29.7. The quantitative estimate of drug-likeness (QED) is 0.238. The number of rotatable bonds is 10. The van der Waals surface area contributed by atoms with Crippen LogP contribution in [0.3, 0.4) is 0 Å². The Balaban J connectivity index is 1.51. The van der Waals surface area contributed by atoms with Gasteiger partial charge in [0.1, 0.15) is 24.0 Å². The molecule has 13 heteroatoms. The van der Waals surface area contributed by atoms with Crippen molar-refractivity contribution in [2.24, 2.45) is 16.7 Å². The molecule has 0 spiro atoms. The van der Waals surface area contributed by atoms with Crippen LogP contribution in [0.25, 0.3) is 0 Å². The van der Waals surface area contributed by atoms with Gasteiger partial charge in [0.2, 0.25) is 5.91 Å². The lowest BCUT2D eigenvalue weighted by Gasteiger charge is -2.42. The molecular weight excluding hydrogens is 713 g/mol. The van der Waals surface area contributed by atoms with Crippen LogP contribution < -0.4 is 15.4 Å². The minimum Gasteiger partial charge on any atom is -0.495 e. The molecule has 2 saturated heterocycles. The van der Waals surface area contributed by atoms with Crippen molar-refractivity contribution < 1.29 is 32.6 Å². The minimum atomic E-state index is -1.66. The van der Waals surface area contributed by atoms with Crippen LogP contribution >= 0.6 is 23.2 Å². The van der Waals surface area contributed by atoms with Crippen molar-refractivity contribution in [3.05, 3.63) is 80.9 Å². The van der Waals surface area contributed by atoms with Crippen LogP contribution in [-0.4, -0.2) is 74.9 Å². The number of morpholine rings is 1. The molecule has 0 aromatic heterocycles. The lowest BCUT2D eigenvalue weighted by molar-refractivity contribution is -0.118. The average molecular weight is 760 g/mol. The van der Waals surface area contributed by atoms with Crippen LogP contribution in [0, 0.1) is 40.8 Å². The Kier molecular flexibility index (Phi) is 12.4. The molecule has 2 fully saturated rings. The molecule has 2 N–H and O–H groups in total. The lowest BCUT2D eigenvalue weighted by atomic mass is 9.58. The van der Waals surface area contributed by atoms with Gasteiger partial charge in [-0.25, -0.2) is 13.6 Å². The zero-order chi connectivity index (χ0) is 38.0. The van der Waals surface area contributed by atoms with Crippen molar-refractivity contribution in [1.29, 1.82) is 5.26 Å². The number of aryl methyl sites for hydroxylation is 1. The third-order valence-electron chi connectivity index (χ3n) is 10.3. The van der Waals surface area contributed by atoms with Gasteiger partial charge >= 0.3 is 5.97 Å². The van der Waals surface area contributed by atoms with Crippen LogP contribution in [0.2, 0.25) is 5.02 Å². The molecule has 5 rings (SSSR count). The van der Waals surface area contributed by atoms with E-state index in [9.17, 15) is 14.9 Å². The molecule has 0 radical (unpaired) electrons. The van der Waals surface area contributed by atoms with E-state index in [4.69, 9.17) is 37.4 Å². The molecule has 1 amide bonds. The zero-order valence-corrected chi connectivity index (χ0v) is 31.8. The van der Waals surface area contributed by atoms with Gasteiger partial charge in [-0.1, -0.05) is 56.1 Å². The third-order valence-corrected chi connectivity index (χ3v) is 10.9. The number of hydrogen-bond acceptors (Lipinski definition) is 8. The van der Waals surface area contributed by atoms with Crippen LogP contribution in [0.4, 0.5) is 14.5 Å². The van der Waals surface area contributed by atoms with Gasteiger partial charge in [0.05, 0.1) is 54.1 Å². The summed E-state index contributed by atoms with van der Waals surface area (Å²) in [5, 5.41) is 17.5. The molecule has 2 aromatic carbocycles. The molecule has 0 saturated carbocycles. The largest absolute Gasteiger partial charge is 0.495 e. The first-order chi connectivity index (χ1) is 24.6. The van der Waals surface area contributed by atoms with Crippen molar-refractivity contribution in [3.8, 4) is 11.8 Å². The fourth-order valence-corrected chi connectivity index (χ4v) is 8.10. The Morgan fingerprint density at radius 3 is 2.54 bits per heavy atom. The van der Waals surface area contributed by atoms with Gasteiger partial charge in [-0.15, -0.1) is 0 Å². The summed E-state index contributed by atoms with van der Waals surface area (Å²) in [5.74, 6) is -4.62. The average Bonchev–Trinajstić information content (AvgIpc) is 3.41. The molecule has 9 nitrogen and oxygen atoms in total. The molecule has 52 heavy (non-hydrogen) atoms. The number of ether oxygens (including phenoxy) is 3. The first-order valence-corrected chi connectivity index (χ1v) is 18.2. The summed E-state index contributed by atoms with van der Waals surface area (Å²) < 4.78 is 49.0. The monoisotopic (exact) mass is 758 g/mol. The van der Waals surface area contributed by atoms with Crippen molar-refractivity contribution in [2.45, 2.75) is 71.5 Å². The van der Waals surface area contributed by atoms with E-state index in [-0.39, 0.29) is 57.1 Å². The molecule has 2 aliphatic heterocycles. The van der Waals surface area contributed by atoms with Crippen molar-refractivity contribution >= 4 is 40.8 Å². The molecule has 6 unspecified atom stereocenters. The number of carbonyl (C=O) groups excluding carboxylic acids is 2. The molecule has 0 bridgehead atoms. The Morgan fingerprint density at radius 1 is 1.19 bits per heavy atom. The molecule has 3 aliphatic rings. The Labute approximate surface area is 314 Å². The number of methoxy groups -OCH3 is 1. The maximum atomic E-state index is 16.3. The highest BCUT2D eigenvalue weighted by atomic mass is 35.5. The number of hydrogen-bond donors (Lipinski definition) is 2. The van der Waals surface area contributed by atoms with E-state index in [1.807, 2.05) is 27.7 Å². The topological polar surface area (TPSA) is 113 Å². The maximum absolute atomic E-state index is 16.3. The SMILES string of the molecule is COc1cc(C(=O)OCC(C)N2CCOCC2)ccc1NC(=O)C1NC(CC(C)(C)C)C(C#N)(C2CC=C(Cl)C=C2F)C1c1c(C)ccc(Cl)c1F. The van der Waals surface area contributed by atoms with Crippen LogP contribution in [0.1, 0.15) is 67.9 Å². The van der Waals surface area contributed by atoms with Crippen molar-refractivity contribution in [3.63, 3.8) is 0 Å². The molecular formula is C39H46Cl2F2N4O5. The second kappa shape index (κ2) is 16.2. The van der Waals surface area contributed by atoms with Gasteiger partial charge in [-0.3, -0.25) is 9.69 Å². The number of halogens is 4. The summed E-state index contributed by atoms with van der Waals surface area (Å²) in [6, 6.07) is 8.00. The van der Waals surface area contributed by atoms with Crippen LogP contribution in [0.5, 0.6) is 5.75 Å². The zero-order valence-electron chi connectivity index (χ0n) is 30.3. The summed E-state index contributed by atoms with van der Waals surface area (Å²) in [5.41, 5.74) is -1.07. The van der Waals surface area contributed by atoms with E-state index in [0.29, 0.717) is 25.2 Å². The fraction of sp³-hybridized carbons (Fsp3) is 0.513. The Hall–Kier alpha value is -3.53. The standard InChI is InChI=1S/C39H46Cl2F2N4O5/c1-22-7-11-27(41)34(43)32(22)33-35(46-31(19-38(3,4)5)39(33,21-44)26-10-9-25(40)18-28(26)42)36(48)45-29-12-8-24(17-30(29)50-6)37(49)52-20-23(2)47-13-15-51-16-14-47/h7-9,11-12,17-18,23,26,31,33,35,46H,10,13-16,19-20H2,1-6H3,(H,45,48). The number of nitrogens with one attached hydrogen (secondary N) is 2. The maximum Gasteiger partial charge on any atom is 0.338 e. The van der Waals surface area contributed by atoms with E-state index in [2.05, 4.69) is 21.6 Å². The first kappa shape index (κ1) is 39.7. The molecule has 1 aliphatic carbocycles. The number of nitrogens with zero attached hydrogens (tertiary/aromatic N) is 2. The van der Waals surface area contributed by atoms with Gasteiger partial charge in [-0.05, 0) is 73.6 Å². The van der Waals surface area contributed by atoms with Gasteiger partial charge < -0.3 is 24.8 Å². The summed E-state index contributed by atoms with van der Waals surface area (Å²) >= 11 is 12.5. The van der Waals surface area contributed by atoms with Crippen molar-refractivity contribution in [1.82, 2.24) is 10.2 Å². The third kappa shape index (κ3) is 8.17. The Morgan fingerprint density at radius 2 is 1.90 bits per heavy atom. The predicted octanol–water partition coefficient (Wildman–Crippen LogP) is 7.68. The van der Waals surface area contributed by atoms with E-state index in [1.165, 1.54) is 37.5 Å². The van der Waals surface area contributed by atoms with Gasteiger partial charge in [0.15, 0.2) is 0 Å². The van der Waals surface area contributed by atoms with Crippen LogP contribution in [0.15, 0.2) is 53.3 Å². The second-order valence-corrected chi connectivity index (χ2v) is 15.8. The molecule has 6 atom stereocenters. The highest BCUT2D eigenvalue weighted by Gasteiger charge is 2.63. The molecule has 2 aromatic rings. The number of esters is 1. The predicted molar refractivity (Wildman–Crippen MR) is 197 cm³/mol. The summed E-state index contributed by atoms with van der Waals surface area (Å²) in [6.45, 7) is 12.6. The Bertz CT molecular complexity index is 1780.